The highest BCUT2D eigenvalue weighted by Crippen LogP contribution is 2.24. The normalized spacial score (nSPS) is 10.2. The molecule has 82 valence electrons. The zero-order valence-corrected chi connectivity index (χ0v) is 9.83. The number of halogens is 3. The second-order valence-corrected chi connectivity index (χ2v) is 3.68. The van der Waals surface area contributed by atoms with Gasteiger partial charge in [-0.2, -0.15) is 8.78 Å². The summed E-state index contributed by atoms with van der Waals surface area (Å²) in [6, 6.07) is 4.20. The summed E-state index contributed by atoms with van der Waals surface area (Å²) < 4.78 is 33.1. The van der Waals surface area contributed by atoms with E-state index in [1.165, 1.54) is 25.3 Å². The summed E-state index contributed by atoms with van der Waals surface area (Å²) in [5.74, 6) is -0.626. The molecule has 1 rings (SSSR count). The number of hydrogen-bond donors (Lipinski definition) is 0. The monoisotopic (exact) mass is 328 g/mol. The molecule has 0 heterocycles. The molecule has 0 aliphatic rings. The first kappa shape index (κ1) is 12.2. The van der Waals surface area contributed by atoms with Crippen LogP contribution in [0.15, 0.2) is 18.2 Å². The Morgan fingerprint density at radius 1 is 1.47 bits per heavy atom. The topological polar surface area (TPSA) is 35.5 Å². The first-order chi connectivity index (χ1) is 7.04. The van der Waals surface area contributed by atoms with Crippen molar-refractivity contribution < 1.29 is 23.0 Å². The lowest BCUT2D eigenvalue weighted by atomic mass is 10.2. The molecule has 0 saturated heterocycles. The average molecular weight is 328 g/mol. The van der Waals surface area contributed by atoms with E-state index in [4.69, 9.17) is 0 Å². The van der Waals surface area contributed by atoms with Crippen molar-refractivity contribution in [3.8, 4) is 5.75 Å². The molecule has 0 amide bonds. The van der Waals surface area contributed by atoms with E-state index >= 15 is 0 Å². The van der Waals surface area contributed by atoms with Crippen LogP contribution in [-0.2, 0) is 4.74 Å². The number of benzene rings is 1. The molecule has 0 aliphatic heterocycles. The van der Waals surface area contributed by atoms with Gasteiger partial charge in [-0.3, -0.25) is 0 Å². The van der Waals surface area contributed by atoms with E-state index in [1.807, 2.05) is 22.6 Å². The van der Waals surface area contributed by atoms with Crippen LogP contribution in [0.1, 0.15) is 10.4 Å². The Morgan fingerprint density at radius 2 is 2.13 bits per heavy atom. The van der Waals surface area contributed by atoms with Gasteiger partial charge < -0.3 is 9.47 Å². The van der Waals surface area contributed by atoms with Crippen molar-refractivity contribution in [1.82, 2.24) is 0 Å². The van der Waals surface area contributed by atoms with E-state index < -0.39 is 12.6 Å². The van der Waals surface area contributed by atoms with Gasteiger partial charge in [-0.15, -0.1) is 0 Å². The van der Waals surface area contributed by atoms with Gasteiger partial charge in [0.15, 0.2) is 0 Å². The minimum atomic E-state index is -2.91. The molecule has 0 aliphatic carbocycles. The Hall–Kier alpha value is -0.920. The highest BCUT2D eigenvalue weighted by atomic mass is 127. The first-order valence-electron chi connectivity index (χ1n) is 3.87. The van der Waals surface area contributed by atoms with Crippen LogP contribution in [0.5, 0.6) is 5.75 Å². The Labute approximate surface area is 98.5 Å². The van der Waals surface area contributed by atoms with E-state index in [-0.39, 0.29) is 11.3 Å². The number of alkyl halides is 2. The standard InChI is InChI=1S/C9H7F2IO3/c1-14-8(13)5-2-3-6(12)7(4-5)15-9(10)11/h2-4,9H,1H3. The molecule has 6 heteroatoms. The second-order valence-electron chi connectivity index (χ2n) is 2.52. The fourth-order valence-electron chi connectivity index (χ4n) is 0.934. The molecule has 1 aromatic carbocycles. The molecule has 0 spiro atoms. The fourth-order valence-corrected chi connectivity index (χ4v) is 1.40. The number of carbonyl (C=O) groups is 1. The molecular weight excluding hydrogens is 321 g/mol. The number of esters is 1. The maximum atomic E-state index is 12.0. The predicted molar refractivity (Wildman–Crippen MR) is 57.1 cm³/mol. The number of hydrogen-bond acceptors (Lipinski definition) is 3. The molecule has 0 saturated carbocycles. The molecule has 0 aromatic heterocycles. The lowest BCUT2D eigenvalue weighted by Gasteiger charge is -2.07. The summed E-state index contributed by atoms with van der Waals surface area (Å²) >= 11 is 1.84. The molecule has 3 nitrogen and oxygen atoms in total. The van der Waals surface area contributed by atoms with E-state index in [9.17, 15) is 13.6 Å². The lowest BCUT2D eigenvalue weighted by Crippen LogP contribution is -2.06. The van der Waals surface area contributed by atoms with Gasteiger partial charge in [0.05, 0.1) is 16.2 Å². The smallest absolute Gasteiger partial charge is 0.387 e. The van der Waals surface area contributed by atoms with Gasteiger partial charge in [0.2, 0.25) is 0 Å². The maximum absolute atomic E-state index is 12.0. The third-order valence-corrected chi connectivity index (χ3v) is 2.46. The van der Waals surface area contributed by atoms with Crippen LogP contribution < -0.4 is 4.74 Å². The van der Waals surface area contributed by atoms with Crippen molar-refractivity contribution >= 4 is 28.6 Å². The number of methoxy groups -OCH3 is 1. The summed E-state index contributed by atoms with van der Waals surface area (Å²) in [6.45, 7) is -2.91. The quantitative estimate of drug-likeness (QED) is 0.632. The van der Waals surface area contributed by atoms with Gasteiger partial charge >= 0.3 is 12.6 Å². The predicted octanol–water partition coefficient (Wildman–Crippen LogP) is 2.68. The number of rotatable bonds is 3. The Balaban J connectivity index is 2.99. The third-order valence-electron chi connectivity index (χ3n) is 1.57. The van der Waals surface area contributed by atoms with Crippen LogP contribution >= 0.6 is 22.6 Å². The van der Waals surface area contributed by atoms with Gasteiger partial charge in [-0.05, 0) is 40.8 Å². The molecule has 0 atom stereocenters. The van der Waals surface area contributed by atoms with Crippen molar-refractivity contribution in [3.05, 3.63) is 27.3 Å². The summed E-state index contributed by atoms with van der Waals surface area (Å²) in [5, 5.41) is 0. The molecule has 15 heavy (non-hydrogen) atoms. The van der Waals surface area contributed by atoms with Gasteiger partial charge in [0.25, 0.3) is 0 Å². The first-order valence-corrected chi connectivity index (χ1v) is 4.95. The molecule has 0 unspecified atom stereocenters. The van der Waals surface area contributed by atoms with Gasteiger partial charge in [-0.25, -0.2) is 4.79 Å². The minimum absolute atomic E-state index is 0.0338. The maximum Gasteiger partial charge on any atom is 0.387 e. The lowest BCUT2D eigenvalue weighted by molar-refractivity contribution is -0.0505. The van der Waals surface area contributed by atoms with Crippen molar-refractivity contribution in [2.45, 2.75) is 6.61 Å². The molecular formula is C9H7F2IO3. The highest BCUT2D eigenvalue weighted by molar-refractivity contribution is 14.1. The van der Waals surface area contributed by atoms with E-state index in [1.54, 1.807) is 0 Å². The number of carbonyl (C=O) groups excluding carboxylic acids is 1. The summed E-state index contributed by atoms with van der Waals surface area (Å²) in [6.07, 6.45) is 0. The Morgan fingerprint density at radius 3 is 2.67 bits per heavy atom. The molecule has 0 fully saturated rings. The highest BCUT2D eigenvalue weighted by Gasteiger charge is 2.12. The van der Waals surface area contributed by atoms with Crippen molar-refractivity contribution in [3.63, 3.8) is 0 Å². The van der Waals surface area contributed by atoms with Crippen LogP contribution in [-0.4, -0.2) is 19.7 Å². The van der Waals surface area contributed by atoms with E-state index in [0.29, 0.717) is 3.57 Å². The Bertz CT molecular complexity index is 368. The second kappa shape index (κ2) is 5.24. The van der Waals surface area contributed by atoms with Gasteiger partial charge in [-0.1, -0.05) is 0 Å². The fraction of sp³-hybridized carbons (Fsp3) is 0.222. The SMILES string of the molecule is COC(=O)c1ccc(I)c(OC(F)F)c1. The van der Waals surface area contributed by atoms with E-state index in [0.717, 1.165) is 0 Å². The summed E-state index contributed by atoms with van der Waals surface area (Å²) in [7, 11) is 1.22. The van der Waals surface area contributed by atoms with E-state index in [2.05, 4.69) is 9.47 Å². The summed E-state index contributed by atoms with van der Waals surface area (Å²) in [4.78, 5) is 11.1. The van der Waals surface area contributed by atoms with Crippen LogP contribution in [0.4, 0.5) is 8.78 Å². The molecule has 0 radical (unpaired) electrons. The largest absolute Gasteiger partial charge is 0.465 e. The summed E-state index contributed by atoms with van der Waals surface area (Å²) in [5.41, 5.74) is 0.175. The van der Waals surface area contributed by atoms with Crippen molar-refractivity contribution in [2.24, 2.45) is 0 Å². The zero-order chi connectivity index (χ0) is 11.4. The van der Waals surface area contributed by atoms with Crippen molar-refractivity contribution in [1.29, 1.82) is 0 Å². The van der Waals surface area contributed by atoms with Crippen molar-refractivity contribution in [2.75, 3.05) is 7.11 Å². The minimum Gasteiger partial charge on any atom is -0.465 e. The van der Waals surface area contributed by atoms with Crippen LogP contribution in [0.25, 0.3) is 0 Å². The number of ether oxygens (including phenoxy) is 2. The van der Waals surface area contributed by atoms with Crippen LogP contribution in [0, 0.1) is 3.57 Å². The van der Waals surface area contributed by atoms with Crippen LogP contribution in [0.3, 0.4) is 0 Å². The van der Waals surface area contributed by atoms with Gasteiger partial charge in [0, 0.05) is 0 Å². The van der Waals surface area contributed by atoms with Gasteiger partial charge in [0.1, 0.15) is 5.75 Å². The molecule has 1 aromatic rings. The molecule has 0 bridgehead atoms. The zero-order valence-electron chi connectivity index (χ0n) is 7.67. The van der Waals surface area contributed by atoms with Crippen LogP contribution in [0.2, 0.25) is 0 Å². The Kier molecular flexibility index (Phi) is 4.25. The average Bonchev–Trinajstić information content (AvgIpc) is 2.19. The third kappa shape index (κ3) is 3.29. The molecule has 0 N–H and O–H groups in total.